The Bertz CT molecular complexity index is 547. The number of rotatable bonds is 2. The van der Waals surface area contributed by atoms with E-state index in [4.69, 9.17) is 5.73 Å². The second-order valence-corrected chi connectivity index (χ2v) is 4.94. The van der Waals surface area contributed by atoms with E-state index >= 15 is 0 Å². The van der Waals surface area contributed by atoms with E-state index in [1.165, 1.54) is 0 Å². The van der Waals surface area contributed by atoms with Crippen molar-refractivity contribution in [2.45, 2.75) is 19.8 Å². The molecular weight excluding hydrogens is 282 g/mol. The first-order valence-electron chi connectivity index (χ1n) is 5.31. The minimum Gasteiger partial charge on any atom is -0.383 e. The Labute approximate surface area is 108 Å². The van der Waals surface area contributed by atoms with E-state index in [-0.39, 0.29) is 5.92 Å². The van der Waals surface area contributed by atoms with E-state index < -0.39 is 0 Å². The molecule has 2 N–H and O–H groups in total. The summed E-state index contributed by atoms with van der Waals surface area (Å²) >= 11 is 3.42. The molecule has 6 heteroatoms. The van der Waals surface area contributed by atoms with Gasteiger partial charge in [0.1, 0.15) is 5.82 Å². The van der Waals surface area contributed by atoms with Gasteiger partial charge in [0.15, 0.2) is 11.6 Å². The van der Waals surface area contributed by atoms with Crippen LogP contribution in [0.5, 0.6) is 0 Å². The molecule has 2 aromatic heterocycles. The van der Waals surface area contributed by atoms with Gasteiger partial charge in [-0.15, -0.1) is 0 Å². The van der Waals surface area contributed by atoms with Crippen molar-refractivity contribution in [2.24, 2.45) is 7.05 Å². The van der Waals surface area contributed by atoms with Gasteiger partial charge in [-0.2, -0.15) is 0 Å². The summed E-state index contributed by atoms with van der Waals surface area (Å²) in [5.74, 6) is 1.99. The zero-order valence-corrected chi connectivity index (χ0v) is 11.6. The van der Waals surface area contributed by atoms with E-state index in [0.717, 1.165) is 10.2 Å². The third-order valence-electron chi connectivity index (χ3n) is 2.47. The van der Waals surface area contributed by atoms with Gasteiger partial charge in [-0.1, -0.05) is 13.8 Å². The Morgan fingerprint density at radius 3 is 2.59 bits per heavy atom. The Morgan fingerprint density at radius 1 is 1.35 bits per heavy atom. The zero-order valence-electron chi connectivity index (χ0n) is 9.98. The largest absolute Gasteiger partial charge is 0.383 e. The summed E-state index contributed by atoms with van der Waals surface area (Å²) in [5.41, 5.74) is 6.78. The van der Waals surface area contributed by atoms with Gasteiger partial charge in [0, 0.05) is 19.4 Å². The molecular formula is C11H14BrN5. The number of nitrogens with two attached hydrogens (primary N) is 1. The van der Waals surface area contributed by atoms with Crippen LogP contribution in [0.3, 0.4) is 0 Å². The molecule has 0 fully saturated rings. The molecule has 0 saturated heterocycles. The topological polar surface area (TPSA) is 69.6 Å². The summed E-state index contributed by atoms with van der Waals surface area (Å²) in [6, 6.07) is 0. The number of anilines is 1. The van der Waals surface area contributed by atoms with Crippen LogP contribution in [0, 0.1) is 0 Å². The number of nitrogen functional groups attached to an aromatic ring is 1. The fourth-order valence-corrected chi connectivity index (χ4v) is 2.18. The van der Waals surface area contributed by atoms with E-state index in [9.17, 15) is 0 Å². The Hall–Kier alpha value is -1.43. The summed E-state index contributed by atoms with van der Waals surface area (Å²) in [5, 5.41) is 0. The monoisotopic (exact) mass is 295 g/mol. The lowest BCUT2D eigenvalue weighted by Crippen LogP contribution is -2.06. The Morgan fingerprint density at radius 2 is 2.06 bits per heavy atom. The standard InChI is InChI=1S/C11H14BrN5/c1-6(2)8-7(12)9(13)16-10(15-8)11-14-4-5-17(11)3/h4-6H,1-3H3,(H2,13,15,16). The van der Waals surface area contributed by atoms with Gasteiger partial charge < -0.3 is 10.3 Å². The number of hydrogen-bond donors (Lipinski definition) is 1. The van der Waals surface area contributed by atoms with Crippen LogP contribution in [-0.4, -0.2) is 19.5 Å². The van der Waals surface area contributed by atoms with Crippen LogP contribution in [0.1, 0.15) is 25.5 Å². The number of aryl methyl sites for hydroxylation is 1. The molecule has 0 aliphatic heterocycles. The van der Waals surface area contributed by atoms with Crippen LogP contribution in [0.4, 0.5) is 5.82 Å². The summed E-state index contributed by atoms with van der Waals surface area (Å²) in [6.07, 6.45) is 3.57. The highest BCUT2D eigenvalue weighted by Crippen LogP contribution is 2.29. The highest BCUT2D eigenvalue weighted by Gasteiger charge is 2.15. The quantitative estimate of drug-likeness (QED) is 0.923. The van der Waals surface area contributed by atoms with E-state index in [1.807, 2.05) is 17.8 Å². The molecule has 0 saturated carbocycles. The Kier molecular flexibility index (Phi) is 3.15. The molecule has 90 valence electrons. The number of imidazole rings is 1. The van der Waals surface area contributed by atoms with Gasteiger partial charge in [-0.05, 0) is 21.8 Å². The van der Waals surface area contributed by atoms with Gasteiger partial charge in [-0.3, -0.25) is 0 Å². The van der Waals surface area contributed by atoms with Crippen molar-refractivity contribution in [3.63, 3.8) is 0 Å². The maximum atomic E-state index is 5.88. The van der Waals surface area contributed by atoms with Crippen molar-refractivity contribution < 1.29 is 0 Å². The van der Waals surface area contributed by atoms with Crippen LogP contribution in [0.25, 0.3) is 11.6 Å². The average Bonchev–Trinajstić information content (AvgIpc) is 2.68. The number of halogens is 1. The number of aromatic nitrogens is 4. The second-order valence-electron chi connectivity index (χ2n) is 4.15. The minimum atomic E-state index is 0.272. The SMILES string of the molecule is CC(C)c1nc(-c2nccn2C)nc(N)c1Br. The average molecular weight is 296 g/mol. The zero-order chi connectivity index (χ0) is 12.6. The normalized spacial score (nSPS) is 11.1. The smallest absolute Gasteiger partial charge is 0.198 e. The Balaban J connectivity index is 2.61. The highest BCUT2D eigenvalue weighted by molar-refractivity contribution is 9.10. The minimum absolute atomic E-state index is 0.272. The fourth-order valence-electron chi connectivity index (χ4n) is 1.55. The van der Waals surface area contributed by atoms with Crippen molar-refractivity contribution in [3.8, 4) is 11.6 Å². The molecule has 2 aromatic rings. The molecule has 0 aliphatic carbocycles. The van der Waals surface area contributed by atoms with Gasteiger partial charge in [-0.25, -0.2) is 15.0 Å². The molecule has 0 unspecified atom stereocenters. The molecule has 0 aliphatic rings. The lowest BCUT2D eigenvalue weighted by molar-refractivity contribution is 0.804. The van der Waals surface area contributed by atoms with Crippen LogP contribution >= 0.6 is 15.9 Å². The van der Waals surface area contributed by atoms with Crippen LogP contribution in [0.2, 0.25) is 0 Å². The van der Waals surface area contributed by atoms with Crippen molar-refractivity contribution in [1.29, 1.82) is 0 Å². The molecule has 0 atom stereocenters. The summed E-state index contributed by atoms with van der Waals surface area (Å²) in [7, 11) is 1.90. The van der Waals surface area contributed by atoms with E-state index in [1.54, 1.807) is 6.20 Å². The third kappa shape index (κ3) is 2.17. The van der Waals surface area contributed by atoms with Crippen LogP contribution in [-0.2, 0) is 7.05 Å². The fraction of sp³-hybridized carbons (Fsp3) is 0.364. The van der Waals surface area contributed by atoms with Gasteiger partial charge >= 0.3 is 0 Å². The first kappa shape index (κ1) is 12.0. The first-order valence-corrected chi connectivity index (χ1v) is 6.10. The second kappa shape index (κ2) is 4.44. The third-order valence-corrected chi connectivity index (χ3v) is 3.28. The predicted octanol–water partition coefficient (Wildman–Crippen LogP) is 2.35. The van der Waals surface area contributed by atoms with Gasteiger partial charge in [0.05, 0.1) is 10.2 Å². The molecule has 17 heavy (non-hydrogen) atoms. The lowest BCUT2D eigenvalue weighted by atomic mass is 10.1. The van der Waals surface area contributed by atoms with E-state index in [0.29, 0.717) is 17.5 Å². The number of hydrogen-bond acceptors (Lipinski definition) is 4. The molecule has 5 nitrogen and oxygen atoms in total. The maximum absolute atomic E-state index is 5.88. The maximum Gasteiger partial charge on any atom is 0.198 e. The summed E-state index contributed by atoms with van der Waals surface area (Å²) in [6.45, 7) is 4.13. The van der Waals surface area contributed by atoms with Gasteiger partial charge in [0.25, 0.3) is 0 Å². The molecule has 2 rings (SSSR count). The number of nitrogens with zero attached hydrogens (tertiary/aromatic N) is 4. The first-order chi connectivity index (χ1) is 8.00. The highest BCUT2D eigenvalue weighted by atomic mass is 79.9. The molecule has 0 bridgehead atoms. The van der Waals surface area contributed by atoms with E-state index in [2.05, 4.69) is 44.7 Å². The van der Waals surface area contributed by atoms with Crippen molar-refractivity contribution >= 4 is 21.7 Å². The molecule has 0 aromatic carbocycles. The van der Waals surface area contributed by atoms with Crippen molar-refractivity contribution in [3.05, 3.63) is 22.6 Å². The molecule has 2 heterocycles. The summed E-state index contributed by atoms with van der Waals surface area (Å²) < 4.78 is 2.64. The van der Waals surface area contributed by atoms with Crippen molar-refractivity contribution in [2.75, 3.05) is 5.73 Å². The molecule has 0 amide bonds. The summed E-state index contributed by atoms with van der Waals surface area (Å²) in [4.78, 5) is 13.0. The lowest BCUT2D eigenvalue weighted by Gasteiger charge is -2.11. The predicted molar refractivity (Wildman–Crippen MR) is 70.4 cm³/mol. The van der Waals surface area contributed by atoms with Gasteiger partial charge in [0.2, 0.25) is 0 Å². The van der Waals surface area contributed by atoms with Crippen LogP contribution in [0.15, 0.2) is 16.9 Å². The van der Waals surface area contributed by atoms with Crippen molar-refractivity contribution in [1.82, 2.24) is 19.5 Å². The van der Waals surface area contributed by atoms with Crippen LogP contribution < -0.4 is 5.73 Å². The molecule has 0 spiro atoms. The molecule has 0 radical (unpaired) electrons.